The van der Waals surface area contributed by atoms with Crippen LogP contribution < -0.4 is 10.1 Å². The molecule has 1 amide bonds. The predicted molar refractivity (Wildman–Crippen MR) is 83.8 cm³/mol. The maximum absolute atomic E-state index is 11.0. The zero-order chi connectivity index (χ0) is 15.2. The summed E-state index contributed by atoms with van der Waals surface area (Å²) in [5, 5.41) is 20.3. The van der Waals surface area contributed by atoms with Gasteiger partial charge in [0, 0.05) is 5.56 Å². The molecule has 0 aromatic heterocycles. The first kappa shape index (κ1) is 15.5. The Morgan fingerprint density at radius 1 is 1.52 bits per heavy atom. The lowest BCUT2D eigenvalue weighted by molar-refractivity contribution is -0.116. The molecular weight excluding hydrogens is 290 g/mol. The molecule has 6 nitrogen and oxygen atoms in total. The Balaban J connectivity index is 2.08. The number of carbonyl (C=O) groups excluding carboxylic acids is 1. The largest absolute Gasteiger partial charge is 0.491 e. The summed E-state index contributed by atoms with van der Waals surface area (Å²) in [5.41, 5.74) is 1.50. The molecule has 112 valence electrons. The van der Waals surface area contributed by atoms with Crippen LogP contribution in [0, 0.1) is 0 Å². The first-order valence-corrected chi connectivity index (χ1v) is 7.51. The van der Waals surface area contributed by atoms with Gasteiger partial charge in [-0.3, -0.25) is 4.79 Å². The minimum atomic E-state index is -0.107. The van der Waals surface area contributed by atoms with Crippen LogP contribution in [0.3, 0.4) is 0 Å². The molecule has 0 bridgehead atoms. The standard InChI is InChI=1S/C14H17N3O3S/c1-9(2)20-12-4-3-10(5-11(12)7-18)6-15-17-14-16-13(19)8-21-14/h3-6,9,18H,7-8H2,1-2H3,(H,16,17,19). The number of amidine groups is 1. The third-order valence-electron chi connectivity index (χ3n) is 2.56. The number of hydrogen-bond acceptors (Lipinski definition) is 6. The minimum Gasteiger partial charge on any atom is -0.491 e. The van der Waals surface area contributed by atoms with Crippen molar-refractivity contribution in [3.63, 3.8) is 0 Å². The van der Waals surface area contributed by atoms with Gasteiger partial charge in [0.15, 0.2) is 5.17 Å². The molecule has 2 N–H and O–H groups in total. The summed E-state index contributed by atoms with van der Waals surface area (Å²) in [7, 11) is 0. The molecule has 1 aromatic rings. The third-order valence-corrected chi connectivity index (χ3v) is 3.42. The van der Waals surface area contributed by atoms with Gasteiger partial charge >= 0.3 is 0 Å². The topological polar surface area (TPSA) is 83.3 Å². The van der Waals surface area contributed by atoms with Gasteiger partial charge in [-0.25, -0.2) is 0 Å². The smallest absolute Gasteiger partial charge is 0.236 e. The number of hydrogen-bond donors (Lipinski definition) is 2. The van der Waals surface area contributed by atoms with E-state index in [0.717, 1.165) is 5.56 Å². The minimum absolute atomic E-state index is 0.0456. The second kappa shape index (κ2) is 7.24. The van der Waals surface area contributed by atoms with Crippen LogP contribution in [-0.4, -0.2) is 34.3 Å². The van der Waals surface area contributed by atoms with Crippen molar-refractivity contribution in [2.45, 2.75) is 26.6 Å². The molecule has 7 heteroatoms. The van der Waals surface area contributed by atoms with Gasteiger partial charge in [-0.05, 0) is 37.6 Å². The number of ether oxygens (including phenoxy) is 1. The summed E-state index contributed by atoms with van der Waals surface area (Å²) in [5.74, 6) is 0.978. The van der Waals surface area contributed by atoms with Crippen molar-refractivity contribution in [3.8, 4) is 5.75 Å². The molecule has 1 fully saturated rings. The highest BCUT2D eigenvalue weighted by atomic mass is 32.2. The van der Waals surface area contributed by atoms with E-state index < -0.39 is 0 Å². The van der Waals surface area contributed by atoms with Crippen LogP contribution >= 0.6 is 11.8 Å². The van der Waals surface area contributed by atoms with Crippen molar-refractivity contribution in [2.75, 3.05) is 5.75 Å². The molecule has 2 rings (SSSR count). The van der Waals surface area contributed by atoms with E-state index in [0.29, 0.717) is 22.2 Å². The number of amides is 1. The van der Waals surface area contributed by atoms with Crippen molar-refractivity contribution >= 4 is 29.1 Å². The second-order valence-electron chi connectivity index (χ2n) is 4.68. The van der Waals surface area contributed by atoms with Gasteiger partial charge in [-0.2, -0.15) is 5.10 Å². The summed E-state index contributed by atoms with van der Waals surface area (Å²) in [6.07, 6.45) is 1.61. The van der Waals surface area contributed by atoms with Gasteiger partial charge in [-0.1, -0.05) is 11.8 Å². The summed E-state index contributed by atoms with van der Waals surface area (Å²) in [6, 6.07) is 5.43. The molecule has 1 saturated heterocycles. The number of carbonyl (C=O) groups is 1. The summed E-state index contributed by atoms with van der Waals surface area (Å²) < 4.78 is 5.61. The number of nitrogens with zero attached hydrogens (tertiary/aromatic N) is 2. The van der Waals surface area contributed by atoms with Crippen LogP contribution in [-0.2, 0) is 11.4 Å². The summed E-state index contributed by atoms with van der Waals surface area (Å²) in [4.78, 5) is 11.0. The second-order valence-corrected chi connectivity index (χ2v) is 5.64. The van der Waals surface area contributed by atoms with Crippen molar-refractivity contribution in [3.05, 3.63) is 29.3 Å². The fourth-order valence-electron chi connectivity index (χ4n) is 1.70. The van der Waals surface area contributed by atoms with E-state index in [4.69, 9.17) is 4.74 Å². The van der Waals surface area contributed by atoms with Gasteiger partial charge in [0.25, 0.3) is 0 Å². The molecule has 0 radical (unpaired) electrons. The van der Waals surface area contributed by atoms with Crippen molar-refractivity contribution in [1.29, 1.82) is 0 Å². The average molecular weight is 307 g/mol. The van der Waals surface area contributed by atoms with Gasteiger partial charge in [0.2, 0.25) is 5.91 Å². The highest BCUT2D eigenvalue weighted by Crippen LogP contribution is 2.21. The van der Waals surface area contributed by atoms with Gasteiger partial charge in [0.05, 0.1) is 24.7 Å². The number of aliphatic hydroxyl groups is 1. The average Bonchev–Trinajstić information content (AvgIpc) is 2.85. The van der Waals surface area contributed by atoms with Crippen LogP contribution in [0.1, 0.15) is 25.0 Å². The number of rotatable bonds is 5. The van der Waals surface area contributed by atoms with Crippen LogP contribution in [0.4, 0.5) is 0 Å². The maximum Gasteiger partial charge on any atom is 0.236 e. The van der Waals surface area contributed by atoms with E-state index in [1.165, 1.54) is 11.8 Å². The Labute approximate surface area is 127 Å². The lowest BCUT2D eigenvalue weighted by Crippen LogP contribution is -2.19. The van der Waals surface area contributed by atoms with Crippen LogP contribution in [0.15, 0.2) is 28.4 Å². The number of nitrogens with one attached hydrogen (secondary N) is 1. The van der Waals surface area contributed by atoms with E-state index in [9.17, 15) is 9.90 Å². The molecule has 0 unspecified atom stereocenters. The fourth-order valence-corrected chi connectivity index (χ4v) is 2.33. The Kier molecular flexibility index (Phi) is 5.35. The van der Waals surface area contributed by atoms with Gasteiger partial charge < -0.3 is 15.2 Å². The Hall–Kier alpha value is -1.86. The Morgan fingerprint density at radius 3 is 2.95 bits per heavy atom. The lowest BCUT2D eigenvalue weighted by Gasteiger charge is -2.13. The monoisotopic (exact) mass is 307 g/mol. The summed E-state index contributed by atoms with van der Waals surface area (Å²) >= 11 is 1.32. The first-order valence-electron chi connectivity index (χ1n) is 6.52. The third kappa shape index (κ3) is 4.57. The van der Waals surface area contributed by atoms with Gasteiger partial charge in [0.1, 0.15) is 5.75 Å². The molecule has 0 saturated carbocycles. The van der Waals surface area contributed by atoms with Crippen LogP contribution in [0.2, 0.25) is 0 Å². The molecule has 1 aliphatic heterocycles. The SMILES string of the molecule is CC(C)Oc1ccc(C=NN=C2NC(=O)CS2)cc1CO. The quantitative estimate of drug-likeness (QED) is 0.638. The number of benzene rings is 1. The van der Waals surface area contributed by atoms with E-state index in [1.54, 1.807) is 18.3 Å². The van der Waals surface area contributed by atoms with Crippen LogP contribution in [0.25, 0.3) is 0 Å². The van der Waals surface area contributed by atoms with E-state index in [-0.39, 0.29) is 18.6 Å². The van der Waals surface area contributed by atoms with Crippen molar-refractivity contribution < 1.29 is 14.6 Å². The zero-order valence-corrected chi connectivity index (χ0v) is 12.7. The maximum atomic E-state index is 11.0. The summed E-state index contributed by atoms with van der Waals surface area (Å²) in [6.45, 7) is 3.75. The molecule has 21 heavy (non-hydrogen) atoms. The fraction of sp³-hybridized carbons (Fsp3) is 0.357. The highest BCUT2D eigenvalue weighted by molar-refractivity contribution is 8.15. The predicted octanol–water partition coefficient (Wildman–Crippen LogP) is 1.52. The number of thioether (sulfide) groups is 1. The number of aliphatic hydroxyl groups excluding tert-OH is 1. The molecule has 0 aliphatic carbocycles. The van der Waals surface area contributed by atoms with Crippen molar-refractivity contribution in [2.24, 2.45) is 10.2 Å². The molecule has 1 heterocycles. The van der Waals surface area contributed by atoms with E-state index in [1.807, 2.05) is 19.9 Å². The molecule has 1 aliphatic rings. The Bertz CT molecular complexity index is 585. The molecule has 1 aromatic carbocycles. The lowest BCUT2D eigenvalue weighted by atomic mass is 10.1. The van der Waals surface area contributed by atoms with Crippen molar-refractivity contribution in [1.82, 2.24) is 5.32 Å². The molecular formula is C14H17N3O3S. The normalized spacial score (nSPS) is 17.0. The van der Waals surface area contributed by atoms with Crippen LogP contribution in [0.5, 0.6) is 5.75 Å². The Morgan fingerprint density at radius 2 is 2.33 bits per heavy atom. The zero-order valence-electron chi connectivity index (χ0n) is 11.9. The van der Waals surface area contributed by atoms with E-state index in [2.05, 4.69) is 15.5 Å². The van der Waals surface area contributed by atoms with E-state index >= 15 is 0 Å². The molecule has 0 spiro atoms. The van der Waals surface area contributed by atoms with Gasteiger partial charge in [-0.15, -0.1) is 5.10 Å². The highest BCUT2D eigenvalue weighted by Gasteiger charge is 2.15. The first-order chi connectivity index (χ1) is 10.1. The molecule has 0 atom stereocenters.